The Morgan fingerprint density at radius 1 is 1.07 bits per heavy atom. The predicted molar refractivity (Wildman–Crippen MR) is 119 cm³/mol. The van der Waals surface area contributed by atoms with Crippen molar-refractivity contribution in [2.45, 2.75) is 32.2 Å². The van der Waals surface area contributed by atoms with E-state index in [-0.39, 0.29) is 5.91 Å². The molecule has 0 aromatic heterocycles. The van der Waals surface area contributed by atoms with Gasteiger partial charge in [0.15, 0.2) is 5.96 Å². The summed E-state index contributed by atoms with van der Waals surface area (Å²) in [6.07, 6.45) is 3.18. The van der Waals surface area contributed by atoms with Crippen LogP contribution >= 0.6 is 11.6 Å². The molecule has 0 saturated heterocycles. The lowest BCUT2D eigenvalue weighted by Crippen LogP contribution is -2.39. The molecule has 6 heteroatoms. The molecule has 2 N–H and O–H groups in total. The average Bonchev–Trinajstić information content (AvgIpc) is 2.76. The molecule has 1 aliphatic rings. The van der Waals surface area contributed by atoms with Crippen LogP contribution in [-0.2, 0) is 24.2 Å². The molecule has 1 aliphatic heterocycles. The summed E-state index contributed by atoms with van der Waals surface area (Å²) in [6.45, 7) is 3.05. The Hall–Kier alpha value is -2.53. The number of guanidine groups is 1. The highest BCUT2D eigenvalue weighted by Crippen LogP contribution is 2.19. The number of rotatable bonds is 7. The fraction of sp³-hybridized carbons (Fsp3) is 0.391. The molecule has 1 heterocycles. The zero-order valence-corrected chi connectivity index (χ0v) is 17.7. The Balaban J connectivity index is 1.32. The molecule has 0 bridgehead atoms. The minimum absolute atomic E-state index is 0.229. The summed E-state index contributed by atoms with van der Waals surface area (Å²) in [6, 6.07) is 16.3. The Kier molecular flexibility index (Phi) is 7.94. The van der Waals surface area contributed by atoms with E-state index in [1.54, 1.807) is 7.05 Å². The van der Waals surface area contributed by atoms with Crippen molar-refractivity contribution in [3.8, 4) is 0 Å². The molecule has 0 fully saturated rings. The van der Waals surface area contributed by atoms with Crippen LogP contribution in [-0.4, -0.2) is 43.4 Å². The maximum absolute atomic E-state index is 12.5. The first-order chi connectivity index (χ1) is 14.2. The highest BCUT2D eigenvalue weighted by atomic mass is 35.5. The van der Waals surface area contributed by atoms with Gasteiger partial charge in [0.2, 0.25) is 5.91 Å². The Morgan fingerprint density at radius 2 is 1.79 bits per heavy atom. The zero-order valence-electron chi connectivity index (χ0n) is 17.0. The number of hydrogen-bond donors (Lipinski definition) is 2. The summed E-state index contributed by atoms with van der Waals surface area (Å²) in [5, 5.41) is 7.34. The Morgan fingerprint density at radius 3 is 2.55 bits per heavy atom. The standard InChI is InChI=1S/C23H29ClN4O/c1-25-23(27-15-12-18-8-10-21(24)11-9-18)26-14-4-7-22(29)28-16-13-19-5-2-3-6-20(19)17-28/h2-3,5-6,8-11H,4,7,12-17H2,1H3,(H2,25,26,27). The van der Waals surface area contributed by atoms with Gasteiger partial charge in [0.05, 0.1) is 0 Å². The molecule has 154 valence electrons. The van der Waals surface area contributed by atoms with Crippen LogP contribution < -0.4 is 10.6 Å². The summed E-state index contributed by atoms with van der Waals surface area (Å²) in [5.41, 5.74) is 3.87. The van der Waals surface area contributed by atoms with Crippen LogP contribution in [0.15, 0.2) is 53.5 Å². The van der Waals surface area contributed by atoms with Crippen molar-refractivity contribution in [1.82, 2.24) is 15.5 Å². The molecule has 0 radical (unpaired) electrons. The smallest absolute Gasteiger partial charge is 0.222 e. The maximum Gasteiger partial charge on any atom is 0.222 e. The van der Waals surface area contributed by atoms with Crippen molar-refractivity contribution >= 4 is 23.5 Å². The molecule has 5 nitrogen and oxygen atoms in total. The molecule has 3 rings (SSSR count). The van der Waals surface area contributed by atoms with Gasteiger partial charge in [0.1, 0.15) is 0 Å². The van der Waals surface area contributed by atoms with Gasteiger partial charge in [-0.1, -0.05) is 48.0 Å². The van der Waals surface area contributed by atoms with E-state index in [9.17, 15) is 4.79 Å². The SMILES string of the molecule is CN=C(NCCCC(=O)N1CCc2ccccc2C1)NCCc1ccc(Cl)cc1. The maximum atomic E-state index is 12.5. The topological polar surface area (TPSA) is 56.7 Å². The molecule has 2 aromatic carbocycles. The largest absolute Gasteiger partial charge is 0.356 e. The van der Waals surface area contributed by atoms with Gasteiger partial charge in [0.25, 0.3) is 0 Å². The second kappa shape index (κ2) is 10.9. The van der Waals surface area contributed by atoms with Crippen molar-refractivity contribution in [2.24, 2.45) is 4.99 Å². The van der Waals surface area contributed by atoms with Gasteiger partial charge in [-0.25, -0.2) is 0 Å². The van der Waals surface area contributed by atoms with Crippen molar-refractivity contribution in [1.29, 1.82) is 0 Å². The van der Waals surface area contributed by atoms with E-state index in [1.807, 2.05) is 35.2 Å². The van der Waals surface area contributed by atoms with E-state index in [1.165, 1.54) is 16.7 Å². The third-order valence-corrected chi connectivity index (χ3v) is 5.44. The van der Waals surface area contributed by atoms with Crippen LogP contribution in [0.1, 0.15) is 29.5 Å². The van der Waals surface area contributed by atoms with E-state index in [4.69, 9.17) is 11.6 Å². The minimum atomic E-state index is 0.229. The van der Waals surface area contributed by atoms with Gasteiger partial charge in [-0.3, -0.25) is 9.79 Å². The fourth-order valence-electron chi connectivity index (χ4n) is 3.51. The lowest BCUT2D eigenvalue weighted by Gasteiger charge is -2.29. The number of nitrogens with one attached hydrogen (secondary N) is 2. The van der Waals surface area contributed by atoms with Crippen LogP contribution in [0.4, 0.5) is 0 Å². The van der Waals surface area contributed by atoms with Crippen molar-refractivity contribution in [2.75, 3.05) is 26.7 Å². The normalized spacial score (nSPS) is 13.7. The third kappa shape index (κ3) is 6.50. The number of halogens is 1. The van der Waals surface area contributed by atoms with Gasteiger partial charge >= 0.3 is 0 Å². The molecule has 0 spiro atoms. The van der Waals surface area contributed by atoms with Crippen molar-refractivity contribution in [3.05, 3.63) is 70.2 Å². The third-order valence-electron chi connectivity index (χ3n) is 5.19. The van der Waals surface area contributed by atoms with Crippen LogP contribution in [0.2, 0.25) is 5.02 Å². The number of nitrogens with zero attached hydrogens (tertiary/aromatic N) is 2. The quantitative estimate of drug-likeness (QED) is 0.416. The Labute approximate surface area is 178 Å². The number of aliphatic imine (C=N–C) groups is 1. The average molecular weight is 413 g/mol. The van der Waals surface area contributed by atoms with Crippen molar-refractivity contribution < 1.29 is 4.79 Å². The molecular formula is C23H29ClN4O. The van der Waals surface area contributed by atoms with E-state index in [2.05, 4.69) is 33.8 Å². The van der Waals surface area contributed by atoms with Crippen LogP contribution in [0, 0.1) is 0 Å². The molecule has 0 atom stereocenters. The summed E-state index contributed by atoms with van der Waals surface area (Å²) >= 11 is 5.91. The van der Waals surface area contributed by atoms with Gasteiger partial charge in [-0.05, 0) is 48.1 Å². The van der Waals surface area contributed by atoms with Gasteiger partial charge in [-0.2, -0.15) is 0 Å². The van der Waals surface area contributed by atoms with Gasteiger partial charge in [-0.15, -0.1) is 0 Å². The number of hydrogen-bond acceptors (Lipinski definition) is 2. The first kappa shape index (κ1) is 21.2. The lowest BCUT2D eigenvalue weighted by molar-refractivity contribution is -0.132. The monoisotopic (exact) mass is 412 g/mol. The molecule has 0 aliphatic carbocycles. The molecule has 1 amide bonds. The second-order valence-corrected chi connectivity index (χ2v) is 7.68. The summed E-state index contributed by atoms with van der Waals surface area (Å²) < 4.78 is 0. The number of fused-ring (bicyclic) bond motifs is 1. The second-order valence-electron chi connectivity index (χ2n) is 7.24. The fourth-order valence-corrected chi connectivity index (χ4v) is 3.64. The number of carbonyl (C=O) groups is 1. The summed E-state index contributed by atoms with van der Waals surface area (Å²) in [7, 11) is 1.76. The highest BCUT2D eigenvalue weighted by Gasteiger charge is 2.19. The molecule has 0 unspecified atom stereocenters. The first-order valence-electron chi connectivity index (χ1n) is 10.2. The van der Waals surface area contributed by atoms with Gasteiger partial charge < -0.3 is 15.5 Å². The van der Waals surface area contributed by atoms with Crippen LogP contribution in [0.3, 0.4) is 0 Å². The van der Waals surface area contributed by atoms with Crippen molar-refractivity contribution in [3.63, 3.8) is 0 Å². The van der Waals surface area contributed by atoms with Crippen LogP contribution in [0.5, 0.6) is 0 Å². The van der Waals surface area contributed by atoms with E-state index < -0.39 is 0 Å². The number of amides is 1. The lowest BCUT2D eigenvalue weighted by atomic mass is 9.99. The number of benzene rings is 2. The zero-order chi connectivity index (χ0) is 20.5. The van der Waals surface area contributed by atoms with Crippen LogP contribution in [0.25, 0.3) is 0 Å². The minimum Gasteiger partial charge on any atom is -0.356 e. The number of carbonyl (C=O) groups excluding carboxylic acids is 1. The van der Waals surface area contributed by atoms with Gasteiger partial charge in [0, 0.05) is 44.7 Å². The molecule has 29 heavy (non-hydrogen) atoms. The highest BCUT2D eigenvalue weighted by molar-refractivity contribution is 6.30. The summed E-state index contributed by atoms with van der Waals surface area (Å²) in [4.78, 5) is 18.7. The van der Waals surface area contributed by atoms with E-state index >= 15 is 0 Å². The van der Waals surface area contributed by atoms with E-state index in [0.717, 1.165) is 56.4 Å². The predicted octanol–water partition coefficient (Wildman–Crippen LogP) is 3.41. The van der Waals surface area contributed by atoms with E-state index in [0.29, 0.717) is 6.42 Å². The molecular weight excluding hydrogens is 384 g/mol. The summed E-state index contributed by atoms with van der Waals surface area (Å²) in [5.74, 6) is 0.991. The first-order valence-corrected chi connectivity index (χ1v) is 10.6. The Bertz CT molecular complexity index is 835. The molecule has 0 saturated carbocycles. The molecule has 2 aromatic rings.